The highest BCUT2D eigenvalue weighted by atomic mass is 16.5. The van der Waals surface area contributed by atoms with Crippen LogP contribution >= 0.6 is 0 Å². The summed E-state index contributed by atoms with van der Waals surface area (Å²) in [6, 6.07) is 16.9. The highest BCUT2D eigenvalue weighted by molar-refractivity contribution is 5.97. The van der Waals surface area contributed by atoms with Crippen LogP contribution in [0.5, 0.6) is 5.75 Å². The summed E-state index contributed by atoms with van der Waals surface area (Å²) in [7, 11) is 0. The van der Waals surface area contributed by atoms with Crippen LogP contribution in [-0.2, 0) is 0 Å². The topological polar surface area (TPSA) is 96.3 Å². The third-order valence-electron chi connectivity index (χ3n) is 5.71. The number of amides is 1. The first kappa shape index (κ1) is 20.7. The van der Waals surface area contributed by atoms with E-state index in [4.69, 9.17) is 9.72 Å². The first-order valence-electron chi connectivity index (χ1n) is 10.9. The Balaban J connectivity index is 1.37. The van der Waals surface area contributed by atoms with Crippen molar-refractivity contribution in [3.05, 3.63) is 76.7 Å². The van der Waals surface area contributed by atoms with E-state index in [0.29, 0.717) is 61.1 Å². The third kappa shape index (κ3) is 3.93. The van der Waals surface area contributed by atoms with Gasteiger partial charge >= 0.3 is 0 Å². The second kappa shape index (κ2) is 8.78. The minimum absolute atomic E-state index is 0.0576. The molecule has 1 aliphatic rings. The zero-order chi connectivity index (χ0) is 22.8. The fraction of sp³-hybridized carbons (Fsp3) is 0.250. The predicted molar refractivity (Wildman–Crippen MR) is 125 cm³/mol. The molecule has 3 heterocycles. The van der Waals surface area contributed by atoms with Crippen molar-refractivity contribution in [2.24, 2.45) is 0 Å². The molecule has 9 heteroatoms. The number of para-hydroxylation sites is 2. The summed E-state index contributed by atoms with van der Waals surface area (Å²) in [6.07, 6.45) is 1.53. The average molecular weight is 444 g/mol. The van der Waals surface area contributed by atoms with Gasteiger partial charge in [-0.3, -0.25) is 14.6 Å². The molecule has 1 N–H and O–H groups in total. The van der Waals surface area contributed by atoms with Gasteiger partial charge in [0, 0.05) is 26.2 Å². The van der Waals surface area contributed by atoms with Gasteiger partial charge in [0.2, 0.25) is 5.95 Å². The average Bonchev–Trinajstić information content (AvgIpc) is 3.29. The summed E-state index contributed by atoms with van der Waals surface area (Å²) >= 11 is 0. The summed E-state index contributed by atoms with van der Waals surface area (Å²) in [4.78, 5) is 37.1. The highest BCUT2D eigenvalue weighted by Crippen LogP contribution is 2.22. The molecule has 168 valence electrons. The van der Waals surface area contributed by atoms with Gasteiger partial charge in [0.25, 0.3) is 11.5 Å². The monoisotopic (exact) mass is 444 g/mol. The van der Waals surface area contributed by atoms with Crippen molar-refractivity contribution in [1.82, 2.24) is 24.6 Å². The minimum atomic E-state index is -0.235. The number of H-pyrrole nitrogens is 1. The number of carbonyl (C=O) groups excluding carboxylic acids is 1. The molecular weight excluding hydrogens is 420 g/mol. The van der Waals surface area contributed by atoms with Crippen LogP contribution < -0.4 is 15.2 Å². The summed E-state index contributed by atoms with van der Waals surface area (Å²) in [5.41, 5.74) is 1.66. The fourth-order valence-corrected chi connectivity index (χ4v) is 4.03. The van der Waals surface area contributed by atoms with Crippen LogP contribution in [0.2, 0.25) is 0 Å². The normalized spacial score (nSPS) is 14.0. The molecule has 33 heavy (non-hydrogen) atoms. The molecular formula is C24H24N6O3. The quantitative estimate of drug-likeness (QED) is 0.508. The number of fused-ring (bicyclic) bond motifs is 1. The van der Waals surface area contributed by atoms with Gasteiger partial charge in [-0.1, -0.05) is 30.3 Å². The van der Waals surface area contributed by atoms with Gasteiger partial charge in [0.05, 0.1) is 24.1 Å². The number of anilines is 1. The van der Waals surface area contributed by atoms with Crippen LogP contribution in [0.3, 0.4) is 0 Å². The van der Waals surface area contributed by atoms with Gasteiger partial charge < -0.3 is 14.5 Å². The van der Waals surface area contributed by atoms with E-state index >= 15 is 0 Å². The van der Waals surface area contributed by atoms with Crippen LogP contribution in [0.4, 0.5) is 5.95 Å². The number of nitrogens with one attached hydrogen (secondary N) is 1. The van der Waals surface area contributed by atoms with Crippen molar-refractivity contribution in [3.63, 3.8) is 0 Å². The molecule has 5 rings (SSSR count). The fourth-order valence-electron chi connectivity index (χ4n) is 4.03. The Kier molecular flexibility index (Phi) is 5.52. The highest BCUT2D eigenvalue weighted by Gasteiger charge is 2.26. The number of nitrogens with zero attached hydrogens (tertiary/aromatic N) is 5. The molecule has 0 saturated carbocycles. The number of rotatable bonds is 5. The Hall–Kier alpha value is -4.14. The maximum atomic E-state index is 13.1. The Morgan fingerprint density at radius 2 is 1.76 bits per heavy atom. The second-order valence-corrected chi connectivity index (χ2v) is 7.73. The van der Waals surface area contributed by atoms with E-state index in [9.17, 15) is 9.59 Å². The van der Waals surface area contributed by atoms with E-state index in [0.717, 1.165) is 5.69 Å². The molecule has 1 aliphatic heterocycles. The molecule has 0 radical (unpaired) electrons. The van der Waals surface area contributed by atoms with Crippen LogP contribution in [0.25, 0.3) is 16.7 Å². The van der Waals surface area contributed by atoms with E-state index in [1.165, 1.54) is 6.20 Å². The lowest BCUT2D eigenvalue weighted by atomic mass is 10.1. The Labute approximate surface area is 190 Å². The van der Waals surface area contributed by atoms with E-state index in [1.807, 2.05) is 60.4 Å². The second-order valence-electron chi connectivity index (χ2n) is 7.73. The number of aromatic nitrogens is 4. The summed E-state index contributed by atoms with van der Waals surface area (Å²) in [6.45, 7) is 4.53. The van der Waals surface area contributed by atoms with Crippen molar-refractivity contribution in [3.8, 4) is 11.4 Å². The molecule has 1 fully saturated rings. The Bertz CT molecular complexity index is 1340. The minimum Gasteiger partial charge on any atom is -0.493 e. The number of hydrogen-bond acceptors (Lipinski definition) is 6. The van der Waals surface area contributed by atoms with Crippen molar-refractivity contribution >= 4 is 22.9 Å². The van der Waals surface area contributed by atoms with Crippen molar-refractivity contribution in [1.29, 1.82) is 0 Å². The third-order valence-corrected chi connectivity index (χ3v) is 5.71. The molecule has 9 nitrogen and oxygen atoms in total. The number of aromatic amines is 1. The first-order chi connectivity index (χ1) is 16.2. The SMILES string of the molecule is CCOc1ccccc1C(=O)N1CCN(c2nc3c(cnn3-c3ccccc3)c(=O)[nH]2)CC1. The zero-order valence-corrected chi connectivity index (χ0v) is 18.3. The van der Waals surface area contributed by atoms with Gasteiger partial charge in [-0.2, -0.15) is 10.1 Å². The summed E-state index contributed by atoms with van der Waals surface area (Å²) in [5.74, 6) is 1.02. The smallest absolute Gasteiger partial charge is 0.263 e. The molecule has 0 spiro atoms. The molecule has 2 aromatic heterocycles. The molecule has 4 aromatic rings. The zero-order valence-electron chi connectivity index (χ0n) is 18.3. The van der Waals surface area contributed by atoms with Crippen molar-refractivity contribution in [2.45, 2.75) is 6.92 Å². The number of carbonyl (C=O) groups is 1. The molecule has 1 amide bonds. The number of benzene rings is 2. The lowest BCUT2D eigenvalue weighted by molar-refractivity contribution is 0.0742. The van der Waals surface area contributed by atoms with E-state index < -0.39 is 0 Å². The standard InChI is InChI=1S/C24H24N6O3/c1-2-33-20-11-7-6-10-18(20)23(32)28-12-14-29(15-13-28)24-26-21-19(22(31)27-24)16-25-30(21)17-8-4-3-5-9-17/h3-11,16H,2,12-15H2,1H3,(H,26,27,31). The molecule has 0 aliphatic carbocycles. The lowest BCUT2D eigenvalue weighted by Gasteiger charge is -2.35. The lowest BCUT2D eigenvalue weighted by Crippen LogP contribution is -2.49. The molecule has 0 bridgehead atoms. The summed E-state index contributed by atoms with van der Waals surface area (Å²) in [5, 5.41) is 4.79. The van der Waals surface area contributed by atoms with Crippen LogP contribution in [0.15, 0.2) is 65.6 Å². The molecule has 2 aromatic carbocycles. The maximum absolute atomic E-state index is 13.1. The van der Waals surface area contributed by atoms with Gasteiger partial charge in [0.15, 0.2) is 5.65 Å². The van der Waals surface area contributed by atoms with Crippen LogP contribution in [0.1, 0.15) is 17.3 Å². The van der Waals surface area contributed by atoms with Gasteiger partial charge in [-0.25, -0.2) is 4.68 Å². The summed E-state index contributed by atoms with van der Waals surface area (Å²) < 4.78 is 7.28. The Morgan fingerprint density at radius 3 is 2.52 bits per heavy atom. The van der Waals surface area contributed by atoms with Crippen molar-refractivity contribution < 1.29 is 9.53 Å². The Morgan fingerprint density at radius 1 is 1.03 bits per heavy atom. The van der Waals surface area contributed by atoms with E-state index in [-0.39, 0.29) is 11.5 Å². The molecule has 1 saturated heterocycles. The van der Waals surface area contributed by atoms with Crippen LogP contribution in [0, 0.1) is 0 Å². The molecule has 0 unspecified atom stereocenters. The van der Waals surface area contributed by atoms with Crippen molar-refractivity contribution in [2.75, 3.05) is 37.7 Å². The van der Waals surface area contributed by atoms with E-state index in [2.05, 4.69) is 10.1 Å². The largest absolute Gasteiger partial charge is 0.493 e. The van der Waals surface area contributed by atoms with E-state index in [1.54, 1.807) is 15.6 Å². The number of hydrogen-bond donors (Lipinski definition) is 1. The van der Waals surface area contributed by atoms with Gasteiger partial charge in [-0.15, -0.1) is 0 Å². The number of piperazine rings is 1. The maximum Gasteiger partial charge on any atom is 0.263 e. The molecule has 0 atom stereocenters. The number of ether oxygens (including phenoxy) is 1. The van der Waals surface area contributed by atoms with Gasteiger partial charge in [-0.05, 0) is 31.2 Å². The first-order valence-corrected chi connectivity index (χ1v) is 10.9. The predicted octanol–water partition coefficient (Wildman–Crippen LogP) is 2.47. The van der Waals surface area contributed by atoms with Crippen LogP contribution in [-0.4, -0.2) is 63.3 Å². The van der Waals surface area contributed by atoms with Gasteiger partial charge in [0.1, 0.15) is 11.1 Å².